The van der Waals surface area contributed by atoms with E-state index in [1.165, 1.54) is 21.9 Å². The van der Waals surface area contributed by atoms with Gasteiger partial charge in [-0.15, -0.1) is 5.10 Å². The highest BCUT2D eigenvalue weighted by Gasteiger charge is 2.27. The van der Waals surface area contributed by atoms with Crippen LogP contribution in [0.5, 0.6) is 0 Å². The maximum atomic E-state index is 4.77. The van der Waals surface area contributed by atoms with E-state index in [0.717, 1.165) is 55.2 Å². The summed E-state index contributed by atoms with van der Waals surface area (Å²) in [4.78, 5) is 14.1. The summed E-state index contributed by atoms with van der Waals surface area (Å²) >= 11 is 0. The zero-order chi connectivity index (χ0) is 38.0. The minimum Gasteiger partial charge on any atom is -0.277 e. The van der Waals surface area contributed by atoms with Crippen LogP contribution in [0.15, 0.2) is 207 Å². The predicted octanol–water partition coefficient (Wildman–Crippen LogP) is 6.13. The van der Waals surface area contributed by atoms with Crippen LogP contribution in [0.1, 0.15) is 0 Å². The monoisotopic (exact) mass is 728 g/mol. The Labute approximate surface area is 331 Å². The van der Waals surface area contributed by atoms with Crippen molar-refractivity contribution >= 4 is 68.0 Å². The largest absolute Gasteiger partial charge is 0.277 e. The lowest BCUT2D eigenvalue weighted by Crippen LogP contribution is -2.52. The first kappa shape index (κ1) is 34.1. The molecule has 4 heterocycles. The van der Waals surface area contributed by atoms with Crippen molar-refractivity contribution < 1.29 is 0 Å². The number of rotatable bonds is 9. The smallest absolute Gasteiger partial charge is 0.254 e. The van der Waals surface area contributed by atoms with Crippen LogP contribution in [0.2, 0.25) is 0 Å². The number of aromatic nitrogens is 6. The molecule has 0 fully saturated rings. The second-order valence-electron chi connectivity index (χ2n) is 14.2. The van der Waals surface area contributed by atoms with Crippen molar-refractivity contribution in [3.63, 3.8) is 0 Å². The van der Waals surface area contributed by atoms with E-state index in [2.05, 4.69) is 182 Å². The lowest BCUT2D eigenvalue weighted by molar-refractivity contribution is 0.888. The van der Waals surface area contributed by atoms with Crippen molar-refractivity contribution in [1.29, 1.82) is 0 Å². The lowest BCUT2D eigenvalue weighted by Gasteiger charge is -2.17. The molecular weight excluding hydrogens is 694 g/mol. The summed E-state index contributed by atoms with van der Waals surface area (Å²) < 4.78 is 2.17. The molecule has 6 aromatic carbocycles. The van der Waals surface area contributed by atoms with Crippen molar-refractivity contribution in [3.8, 4) is 28.5 Å². The van der Waals surface area contributed by atoms with Crippen molar-refractivity contribution in [2.24, 2.45) is 0 Å². The van der Waals surface area contributed by atoms with E-state index < -0.39 is 0 Å². The molecule has 10 rings (SSSR count). The van der Waals surface area contributed by atoms with Crippen LogP contribution in [0, 0.1) is 0 Å². The fourth-order valence-corrected chi connectivity index (χ4v) is 8.24. The van der Waals surface area contributed by atoms with Gasteiger partial charge in [-0.2, -0.15) is 5.10 Å². The van der Waals surface area contributed by atoms with Crippen molar-refractivity contribution in [1.82, 2.24) is 29.7 Å². The number of hydrogen-bond acceptors (Lipinski definition) is 5. The Kier molecular flexibility index (Phi) is 8.97. The maximum Gasteiger partial charge on any atom is 0.254 e. The molecule has 8 heteroatoms. The topological polar surface area (TPSA) is 69.4 Å². The molecule has 0 atom stereocenters. The standard InChI is InChI=1S/C49H34B2N6/c1-3-15-37(16-4-1)50(39-19-11-13-35(31-39)45-21-7-9-27-52-45)41-23-25-43-44-26-24-42(34-48(44)57(47(43)33-41)49-54-29-30-55-56-49)51(38-17-5-2-6-18-38)40-20-12-14-36(32-40)46-22-8-10-28-53-46/h1-34H. The molecule has 0 aliphatic carbocycles. The normalized spacial score (nSPS) is 11.2. The highest BCUT2D eigenvalue weighted by atomic mass is 15.3. The van der Waals surface area contributed by atoms with Crippen LogP contribution < -0.4 is 32.8 Å². The number of pyridine rings is 2. The molecule has 0 aliphatic heterocycles. The average Bonchev–Trinajstić information content (AvgIpc) is 3.61. The van der Waals surface area contributed by atoms with Gasteiger partial charge in [0.1, 0.15) is 0 Å². The Hall–Kier alpha value is -7.44. The molecule has 10 aromatic rings. The number of fused-ring (bicyclic) bond motifs is 3. The third kappa shape index (κ3) is 6.57. The van der Waals surface area contributed by atoms with Crippen LogP contribution in [0.4, 0.5) is 0 Å². The molecule has 0 aliphatic rings. The quantitative estimate of drug-likeness (QED) is 0.168. The van der Waals surface area contributed by atoms with E-state index in [0.29, 0.717) is 5.95 Å². The summed E-state index contributed by atoms with van der Waals surface area (Å²) in [6.45, 7) is -0.0742. The van der Waals surface area contributed by atoms with Crippen molar-refractivity contribution in [3.05, 3.63) is 207 Å². The Bertz CT molecular complexity index is 2780. The minimum absolute atomic E-state index is 0.0371. The van der Waals surface area contributed by atoms with Gasteiger partial charge in [-0.25, -0.2) is 4.98 Å². The van der Waals surface area contributed by atoms with Crippen LogP contribution in [-0.4, -0.2) is 43.1 Å². The van der Waals surface area contributed by atoms with E-state index in [9.17, 15) is 0 Å². The third-order valence-corrected chi connectivity index (χ3v) is 10.8. The molecule has 0 radical (unpaired) electrons. The third-order valence-electron chi connectivity index (χ3n) is 10.8. The fourth-order valence-electron chi connectivity index (χ4n) is 8.24. The Morgan fingerprint density at radius 2 is 0.825 bits per heavy atom. The Balaban J connectivity index is 1.17. The van der Waals surface area contributed by atoms with Gasteiger partial charge in [-0.3, -0.25) is 14.5 Å². The first-order valence-corrected chi connectivity index (χ1v) is 19.1. The first-order chi connectivity index (χ1) is 28.3. The van der Waals surface area contributed by atoms with Crippen LogP contribution in [-0.2, 0) is 0 Å². The molecule has 0 saturated heterocycles. The lowest BCUT2D eigenvalue weighted by atomic mass is 9.36. The van der Waals surface area contributed by atoms with Gasteiger partial charge in [-0.1, -0.05) is 178 Å². The molecule has 0 amide bonds. The molecule has 0 saturated carbocycles. The van der Waals surface area contributed by atoms with Gasteiger partial charge < -0.3 is 0 Å². The van der Waals surface area contributed by atoms with Gasteiger partial charge in [0.2, 0.25) is 13.4 Å². The zero-order valence-electron chi connectivity index (χ0n) is 31.0. The van der Waals surface area contributed by atoms with Crippen LogP contribution in [0.25, 0.3) is 50.3 Å². The minimum atomic E-state index is -0.0371. The zero-order valence-corrected chi connectivity index (χ0v) is 31.0. The van der Waals surface area contributed by atoms with E-state index in [-0.39, 0.29) is 13.4 Å². The second kappa shape index (κ2) is 15.0. The van der Waals surface area contributed by atoms with Gasteiger partial charge in [0, 0.05) is 23.2 Å². The predicted molar refractivity (Wildman–Crippen MR) is 236 cm³/mol. The highest BCUT2D eigenvalue weighted by Crippen LogP contribution is 2.30. The molecule has 0 bridgehead atoms. The van der Waals surface area contributed by atoms with Gasteiger partial charge in [0.15, 0.2) is 0 Å². The average molecular weight is 728 g/mol. The summed E-state index contributed by atoms with van der Waals surface area (Å²) in [5.41, 5.74) is 13.2. The van der Waals surface area contributed by atoms with Gasteiger partial charge in [-0.05, 0) is 47.5 Å². The molecule has 4 aromatic heterocycles. The van der Waals surface area contributed by atoms with Crippen molar-refractivity contribution in [2.75, 3.05) is 0 Å². The van der Waals surface area contributed by atoms with E-state index in [4.69, 9.17) is 4.98 Å². The molecule has 0 N–H and O–H groups in total. The molecular formula is C49H34B2N6. The molecule has 266 valence electrons. The highest BCUT2D eigenvalue weighted by molar-refractivity contribution is 6.96. The first-order valence-electron chi connectivity index (χ1n) is 19.1. The molecule has 0 unspecified atom stereocenters. The van der Waals surface area contributed by atoms with E-state index >= 15 is 0 Å². The molecule has 0 spiro atoms. The summed E-state index contributed by atoms with van der Waals surface area (Å²) in [6.07, 6.45) is 7.02. The summed E-state index contributed by atoms with van der Waals surface area (Å²) in [5.74, 6) is 0.522. The Morgan fingerprint density at radius 1 is 0.351 bits per heavy atom. The van der Waals surface area contributed by atoms with E-state index in [1.807, 2.05) is 36.7 Å². The van der Waals surface area contributed by atoms with Gasteiger partial charge in [0.05, 0.1) is 34.8 Å². The number of hydrogen-bond donors (Lipinski definition) is 0. The SMILES string of the molecule is c1ccc(B(c2cccc(-c3ccccn3)c2)c2ccc3c4ccc(B(c5ccccc5)c5cccc(-c6ccccn6)c5)cc4n(-c4nccnn4)c3c2)cc1. The van der Waals surface area contributed by atoms with Crippen molar-refractivity contribution in [2.45, 2.75) is 0 Å². The number of nitrogens with zero attached hydrogens (tertiary/aromatic N) is 6. The maximum absolute atomic E-state index is 4.77. The molecule has 6 nitrogen and oxygen atoms in total. The van der Waals surface area contributed by atoms with Gasteiger partial charge in [0.25, 0.3) is 5.95 Å². The second-order valence-corrected chi connectivity index (χ2v) is 14.2. The number of benzene rings is 6. The van der Waals surface area contributed by atoms with Gasteiger partial charge >= 0.3 is 0 Å². The van der Waals surface area contributed by atoms with Crippen LogP contribution >= 0.6 is 0 Å². The van der Waals surface area contributed by atoms with E-state index in [1.54, 1.807) is 12.4 Å². The molecule has 57 heavy (non-hydrogen) atoms. The Morgan fingerprint density at radius 3 is 1.28 bits per heavy atom. The fraction of sp³-hybridized carbons (Fsp3) is 0. The summed E-state index contributed by atoms with van der Waals surface area (Å²) in [5, 5.41) is 11.1. The summed E-state index contributed by atoms with van der Waals surface area (Å²) in [7, 11) is 0. The van der Waals surface area contributed by atoms with Crippen LogP contribution in [0.3, 0.4) is 0 Å². The summed E-state index contributed by atoms with van der Waals surface area (Å²) in [6, 6.07) is 64.6.